The zero-order valence-corrected chi connectivity index (χ0v) is 6.78. The number of hydrogen-bond acceptors (Lipinski definition) is 2. The second kappa shape index (κ2) is 2.86. The Morgan fingerprint density at radius 3 is 2.31 bits per heavy atom. The molecule has 1 heterocycles. The predicted octanol–water partition coefficient (Wildman–Crippen LogP) is 0.883. The summed E-state index contributed by atoms with van der Waals surface area (Å²) in [6.45, 7) is 0. The third-order valence-corrected chi connectivity index (χ3v) is 1.81. The van der Waals surface area contributed by atoms with E-state index >= 15 is 0 Å². The number of hydrogen-bond donors (Lipinski definition) is 1. The number of ketones is 1. The highest BCUT2D eigenvalue weighted by Gasteiger charge is 2.21. The second-order valence-corrected chi connectivity index (χ2v) is 2.74. The van der Waals surface area contributed by atoms with Crippen molar-refractivity contribution in [3.05, 3.63) is 47.7 Å². The minimum atomic E-state index is -0.209. The molecule has 0 fully saturated rings. The molecule has 13 heavy (non-hydrogen) atoms. The quantitative estimate of drug-likeness (QED) is 0.675. The topological polar surface area (TPSA) is 46.2 Å². The van der Waals surface area contributed by atoms with Crippen LogP contribution in [-0.2, 0) is 4.79 Å². The van der Waals surface area contributed by atoms with Gasteiger partial charge in [0.1, 0.15) is 0 Å². The molecule has 0 atom stereocenters. The van der Waals surface area contributed by atoms with Crippen LogP contribution in [0.15, 0.2) is 42.1 Å². The number of carbonyl (C=O) groups is 2. The Labute approximate surface area is 75.1 Å². The Morgan fingerprint density at radius 2 is 1.77 bits per heavy atom. The fraction of sp³-hybridized carbons (Fsp3) is 0. The highest BCUT2D eigenvalue weighted by molar-refractivity contribution is 6.17. The minimum absolute atomic E-state index is 0.139. The lowest BCUT2D eigenvalue weighted by Gasteiger charge is -2.13. The van der Waals surface area contributed by atoms with Crippen LogP contribution in [-0.4, -0.2) is 11.7 Å². The minimum Gasteiger partial charge on any atom is -0.319 e. The fourth-order valence-electron chi connectivity index (χ4n) is 1.13. The van der Waals surface area contributed by atoms with E-state index in [0.717, 1.165) is 0 Å². The van der Waals surface area contributed by atoms with Gasteiger partial charge < -0.3 is 5.32 Å². The molecule has 0 aromatic heterocycles. The van der Waals surface area contributed by atoms with Gasteiger partial charge in [-0.05, 0) is 0 Å². The average molecular weight is 173 g/mol. The van der Waals surface area contributed by atoms with Crippen molar-refractivity contribution in [2.24, 2.45) is 0 Å². The molecule has 3 heteroatoms. The molecule has 0 aliphatic carbocycles. The zero-order valence-electron chi connectivity index (χ0n) is 6.78. The van der Waals surface area contributed by atoms with E-state index in [1.165, 1.54) is 6.08 Å². The summed E-state index contributed by atoms with van der Waals surface area (Å²) in [7, 11) is 0. The maximum absolute atomic E-state index is 11.5. The molecule has 0 spiro atoms. The van der Waals surface area contributed by atoms with Gasteiger partial charge in [-0.3, -0.25) is 9.59 Å². The molecule has 0 saturated heterocycles. The van der Waals surface area contributed by atoms with Crippen LogP contribution >= 0.6 is 0 Å². The number of benzene rings is 1. The van der Waals surface area contributed by atoms with E-state index in [-0.39, 0.29) is 11.7 Å². The van der Waals surface area contributed by atoms with Crippen molar-refractivity contribution in [1.82, 2.24) is 5.32 Å². The van der Waals surface area contributed by atoms with Gasteiger partial charge in [0.25, 0.3) is 5.91 Å². The molecule has 0 saturated carbocycles. The number of allylic oxidation sites excluding steroid dienone is 1. The van der Waals surface area contributed by atoms with Crippen molar-refractivity contribution >= 4 is 11.7 Å². The van der Waals surface area contributed by atoms with Crippen LogP contribution in [0.25, 0.3) is 0 Å². The molecule has 1 amide bonds. The number of amides is 1. The Kier molecular flexibility index (Phi) is 1.70. The van der Waals surface area contributed by atoms with Gasteiger partial charge in [-0.25, -0.2) is 0 Å². The molecular formula is C10H7NO2. The highest BCUT2D eigenvalue weighted by Crippen LogP contribution is 2.10. The first-order valence-electron chi connectivity index (χ1n) is 3.90. The molecule has 0 radical (unpaired) electrons. The van der Waals surface area contributed by atoms with Crippen molar-refractivity contribution in [1.29, 1.82) is 0 Å². The Hall–Kier alpha value is -1.90. The summed E-state index contributed by atoms with van der Waals surface area (Å²) in [6.07, 6.45) is 1.30. The normalized spacial score (nSPS) is 14.2. The molecule has 1 aliphatic rings. The highest BCUT2D eigenvalue weighted by atomic mass is 16.2. The van der Waals surface area contributed by atoms with E-state index in [4.69, 9.17) is 0 Å². The smallest absolute Gasteiger partial charge is 0.250 e. The van der Waals surface area contributed by atoms with Gasteiger partial charge in [-0.1, -0.05) is 30.3 Å². The average Bonchev–Trinajstić information content (AvgIpc) is 2.13. The van der Waals surface area contributed by atoms with E-state index in [2.05, 4.69) is 5.32 Å². The first-order valence-corrected chi connectivity index (χ1v) is 3.90. The van der Waals surface area contributed by atoms with Crippen LogP contribution in [0.2, 0.25) is 0 Å². The molecule has 2 rings (SSSR count). The maximum Gasteiger partial charge on any atom is 0.250 e. The van der Waals surface area contributed by atoms with Crippen molar-refractivity contribution in [2.75, 3.05) is 0 Å². The molecule has 1 aromatic carbocycles. The van der Waals surface area contributed by atoms with Crippen LogP contribution in [0.3, 0.4) is 0 Å². The van der Waals surface area contributed by atoms with Gasteiger partial charge in [-0.2, -0.15) is 0 Å². The van der Waals surface area contributed by atoms with Crippen molar-refractivity contribution in [3.8, 4) is 0 Å². The van der Waals surface area contributed by atoms with Crippen molar-refractivity contribution in [3.63, 3.8) is 0 Å². The summed E-state index contributed by atoms with van der Waals surface area (Å²) in [5.74, 6) is -0.348. The monoisotopic (exact) mass is 173 g/mol. The summed E-state index contributed by atoms with van der Waals surface area (Å²) in [6, 6.07) is 8.84. The molecule has 1 N–H and O–H groups in total. The van der Waals surface area contributed by atoms with Crippen LogP contribution in [0.5, 0.6) is 0 Å². The molecule has 64 valence electrons. The first kappa shape index (κ1) is 7.73. The van der Waals surface area contributed by atoms with Gasteiger partial charge in [0.15, 0.2) is 0 Å². The van der Waals surface area contributed by atoms with Crippen molar-refractivity contribution in [2.45, 2.75) is 0 Å². The third kappa shape index (κ3) is 1.36. The number of nitrogens with one attached hydrogen (secondary N) is 1. The lowest BCUT2D eigenvalue weighted by Crippen LogP contribution is -2.35. The Balaban J connectivity index is 2.25. The van der Waals surface area contributed by atoms with E-state index in [1.807, 2.05) is 6.07 Å². The first-order chi connectivity index (χ1) is 6.27. The lowest BCUT2D eigenvalue weighted by molar-refractivity contribution is -0.117. The Bertz CT molecular complexity index is 393. The van der Waals surface area contributed by atoms with E-state index in [1.54, 1.807) is 24.3 Å². The molecule has 3 nitrogen and oxygen atoms in total. The SMILES string of the molecule is O=C1C=C(C(=O)c2ccccc2)N1. The zero-order chi connectivity index (χ0) is 9.26. The van der Waals surface area contributed by atoms with Gasteiger partial charge in [0, 0.05) is 11.6 Å². The fourth-order valence-corrected chi connectivity index (χ4v) is 1.13. The van der Waals surface area contributed by atoms with Gasteiger partial charge >= 0.3 is 0 Å². The molecule has 0 bridgehead atoms. The van der Waals surface area contributed by atoms with Gasteiger partial charge in [0.2, 0.25) is 5.78 Å². The summed E-state index contributed by atoms with van der Waals surface area (Å²) >= 11 is 0. The van der Waals surface area contributed by atoms with Crippen LogP contribution < -0.4 is 5.32 Å². The standard InChI is InChI=1S/C10H7NO2/c12-9-6-8(11-9)10(13)7-4-2-1-3-5-7/h1-6H,(H,11,12). The maximum atomic E-state index is 11.5. The van der Waals surface area contributed by atoms with E-state index < -0.39 is 0 Å². The van der Waals surface area contributed by atoms with Crippen LogP contribution in [0.1, 0.15) is 10.4 Å². The Morgan fingerprint density at radius 1 is 1.15 bits per heavy atom. The lowest BCUT2D eigenvalue weighted by atomic mass is 10.1. The van der Waals surface area contributed by atoms with Crippen LogP contribution in [0, 0.1) is 0 Å². The van der Waals surface area contributed by atoms with E-state index in [0.29, 0.717) is 11.3 Å². The summed E-state index contributed by atoms with van der Waals surface area (Å²) in [4.78, 5) is 22.0. The second-order valence-electron chi connectivity index (χ2n) is 2.74. The molecule has 1 aromatic rings. The molecule has 1 aliphatic heterocycles. The van der Waals surface area contributed by atoms with E-state index in [9.17, 15) is 9.59 Å². The number of rotatable bonds is 2. The third-order valence-electron chi connectivity index (χ3n) is 1.81. The summed E-state index contributed by atoms with van der Waals surface area (Å²) in [5.41, 5.74) is 0.963. The van der Waals surface area contributed by atoms with Gasteiger partial charge in [0.05, 0.1) is 5.70 Å². The molecular weight excluding hydrogens is 166 g/mol. The molecule has 0 unspecified atom stereocenters. The summed E-state index contributed by atoms with van der Waals surface area (Å²) < 4.78 is 0. The van der Waals surface area contributed by atoms with Gasteiger partial charge in [-0.15, -0.1) is 0 Å². The number of Topliss-reactive ketones (excluding diaryl/α,β-unsaturated/α-hetero) is 1. The predicted molar refractivity (Wildman–Crippen MR) is 47.0 cm³/mol. The number of carbonyl (C=O) groups excluding carboxylic acids is 2. The van der Waals surface area contributed by atoms with Crippen molar-refractivity contribution < 1.29 is 9.59 Å². The van der Waals surface area contributed by atoms with Crippen LogP contribution in [0.4, 0.5) is 0 Å². The summed E-state index contributed by atoms with van der Waals surface area (Å²) in [5, 5.41) is 2.41. The largest absolute Gasteiger partial charge is 0.319 e.